The number of amides is 1. The number of pyridine rings is 1. The number of carbonyl (C=O) groups excluding carboxylic acids is 1. The molecule has 3 aromatic rings. The standard InChI is InChI=1S/C23H27N3O2S/c1-3-20(16-6-8-18(28-2)9-7-16)25-23(27)17-5-4-13-26(15-17)22-19-11-14-29-21(19)10-12-24-22/h6-12,14,17,20H,3-5,13,15H2,1-2H3,(H,25,27)/t17-,20+/m0/s1. The molecule has 4 rings (SSSR count). The number of carbonyl (C=O) groups is 1. The van der Waals surface area contributed by atoms with Gasteiger partial charge in [0.05, 0.1) is 19.1 Å². The lowest BCUT2D eigenvalue weighted by molar-refractivity contribution is -0.126. The van der Waals surface area contributed by atoms with Crippen LogP contribution in [0.4, 0.5) is 5.82 Å². The molecule has 5 nitrogen and oxygen atoms in total. The normalized spacial score (nSPS) is 17.9. The largest absolute Gasteiger partial charge is 0.497 e. The van der Waals surface area contributed by atoms with Crippen LogP contribution in [0.15, 0.2) is 48.0 Å². The Morgan fingerprint density at radius 2 is 2.14 bits per heavy atom. The maximum Gasteiger partial charge on any atom is 0.225 e. The zero-order chi connectivity index (χ0) is 20.2. The smallest absolute Gasteiger partial charge is 0.225 e. The van der Waals surface area contributed by atoms with Crippen molar-refractivity contribution in [3.8, 4) is 5.75 Å². The Kier molecular flexibility index (Phi) is 6.00. The molecule has 0 saturated carbocycles. The minimum atomic E-state index is -0.0215. The van der Waals surface area contributed by atoms with Crippen LogP contribution in [0.25, 0.3) is 10.1 Å². The monoisotopic (exact) mass is 409 g/mol. The van der Waals surface area contributed by atoms with E-state index in [0.717, 1.165) is 42.9 Å². The highest BCUT2D eigenvalue weighted by Crippen LogP contribution is 2.31. The summed E-state index contributed by atoms with van der Waals surface area (Å²) in [6, 6.07) is 12.1. The molecule has 0 unspecified atom stereocenters. The summed E-state index contributed by atoms with van der Waals surface area (Å²) in [5.74, 6) is 1.94. The first kappa shape index (κ1) is 19.7. The topological polar surface area (TPSA) is 54.5 Å². The number of nitrogens with one attached hydrogen (secondary N) is 1. The predicted octanol–water partition coefficient (Wildman–Crippen LogP) is 4.79. The Labute approximate surface area is 175 Å². The van der Waals surface area contributed by atoms with Crippen LogP contribution in [0.3, 0.4) is 0 Å². The molecule has 1 N–H and O–H groups in total. The molecule has 1 aromatic carbocycles. The first-order valence-electron chi connectivity index (χ1n) is 10.2. The third-order valence-corrected chi connectivity index (χ3v) is 6.58. The second kappa shape index (κ2) is 8.82. The lowest BCUT2D eigenvalue weighted by Gasteiger charge is -2.34. The molecule has 6 heteroatoms. The van der Waals surface area contributed by atoms with Gasteiger partial charge in [-0.15, -0.1) is 11.3 Å². The van der Waals surface area contributed by atoms with Gasteiger partial charge in [-0.25, -0.2) is 4.98 Å². The van der Waals surface area contributed by atoms with E-state index in [9.17, 15) is 4.79 Å². The zero-order valence-corrected chi connectivity index (χ0v) is 17.7. The van der Waals surface area contributed by atoms with E-state index >= 15 is 0 Å². The molecular formula is C23H27N3O2S. The van der Waals surface area contributed by atoms with Gasteiger partial charge < -0.3 is 15.0 Å². The van der Waals surface area contributed by atoms with Crippen LogP contribution >= 0.6 is 11.3 Å². The lowest BCUT2D eigenvalue weighted by Crippen LogP contribution is -2.44. The summed E-state index contributed by atoms with van der Waals surface area (Å²) < 4.78 is 6.48. The summed E-state index contributed by atoms with van der Waals surface area (Å²) in [6.45, 7) is 3.76. The van der Waals surface area contributed by atoms with E-state index in [1.54, 1.807) is 18.4 Å². The Morgan fingerprint density at radius 3 is 2.90 bits per heavy atom. The highest BCUT2D eigenvalue weighted by Gasteiger charge is 2.28. The fourth-order valence-electron chi connectivity index (χ4n) is 4.06. The first-order valence-corrected chi connectivity index (χ1v) is 11.1. The second-order valence-corrected chi connectivity index (χ2v) is 8.44. The first-order chi connectivity index (χ1) is 14.2. The number of ether oxygens (including phenoxy) is 1. The molecule has 2 aromatic heterocycles. The number of fused-ring (bicyclic) bond motifs is 1. The molecule has 1 saturated heterocycles. The van der Waals surface area contributed by atoms with Gasteiger partial charge in [0.15, 0.2) is 0 Å². The van der Waals surface area contributed by atoms with E-state index < -0.39 is 0 Å². The van der Waals surface area contributed by atoms with Crippen molar-refractivity contribution in [2.75, 3.05) is 25.1 Å². The van der Waals surface area contributed by atoms with Gasteiger partial charge in [0.2, 0.25) is 5.91 Å². The molecule has 1 aliphatic heterocycles. The summed E-state index contributed by atoms with van der Waals surface area (Å²) in [5, 5.41) is 6.55. The van der Waals surface area contributed by atoms with Crippen molar-refractivity contribution in [1.82, 2.24) is 10.3 Å². The van der Waals surface area contributed by atoms with E-state index in [-0.39, 0.29) is 17.9 Å². The van der Waals surface area contributed by atoms with Crippen LogP contribution in [0.5, 0.6) is 5.75 Å². The Balaban J connectivity index is 1.46. The van der Waals surface area contributed by atoms with Gasteiger partial charge in [0, 0.05) is 29.4 Å². The van der Waals surface area contributed by atoms with Crippen molar-refractivity contribution in [1.29, 1.82) is 0 Å². The van der Waals surface area contributed by atoms with Gasteiger partial charge in [-0.3, -0.25) is 4.79 Å². The van der Waals surface area contributed by atoms with Crippen LogP contribution in [0.2, 0.25) is 0 Å². The highest BCUT2D eigenvalue weighted by atomic mass is 32.1. The maximum absolute atomic E-state index is 13.1. The summed E-state index contributed by atoms with van der Waals surface area (Å²) in [7, 11) is 1.66. The molecule has 0 spiro atoms. The number of hydrogen-bond acceptors (Lipinski definition) is 5. The van der Waals surface area contributed by atoms with Crippen molar-refractivity contribution < 1.29 is 9.53 Å². The van der Waals surface area contributed by atoms with Gasteiger partial charge >= 0.3 is 0 Å². The molecule has 3 heterocycles. The molecule has 0 radical (unpaired) electrons. The number of methoxy groups -OCH3 is 1. The average Bonchev–Trinajstić information content (AvgIpc) is 3.26. The molecule has 2 atom stereocenters. The number of piperidine rings is 1. The number of aromatic nitrogens is 1. The molecule has 1 aliphatic rings. The number of hydrogen-bond donors (Lipinski definition) is 1. The fourth-order valence-corrected chi connectivity index (χ4v) is 4.84. The van der Waals surface area contributed by atoms with Gasteiger partial charge in [-0.05, 0) is 54.5 Å². The van der Waals surface area contributed by atoms with Gasteiger partial charge in [-0.2, -0.15) is 0 Å². The minimum absolute atomic E-state index is 0.0159. The summed E-state index contributed by atoms with van der Waals surface area (Å²) in [4.78, 5) is 20.0. The van der Waals surface area contributed by atoms with Crippen molar-refractivity contribution in [3.63, 3.8) is 0 Å². The molecule has 29 heavy (non-hydrogen) atoms. The maximum atomic E-state index is 13.1. The van der Waals surface area contributed by atoms with Crippen molar-refractivity contribution in [2.45, 2.75) is 32.2 Å². The van der Waals surface area contributed by atoms with Crippen LogP contribution in [-0.2, 0) is 4.79 Å². The zero-order valence-electron chi connectivity index (χ0n) is 16.9. The van der Waals surface area contributed by atoms with Gasteiger partial charge in [0.1, 0.15) is 11.6 Å². The Morgan fingerprint density at radius 1 is 1.31 bits per heavy atom. The third kappa shape index (κ3) is 4.22. The number of rotatable bonds is 6. The summed E-state index contributed by atoms with van der Waals surface area (Å²) >= 11 is 1.73. The SMILES string of the molecule is CC[C@@H](NC(=O)[C@H]1CCCN(c2nccc3sccc23)C1)c1ccc(OC)cc1. The molecule has 152 valence electrons. The molecule has 0 aliphatic carbocycles. The molecule has 1 amide bonds. The number of thiophene rings is 1. The average molecular weight is 410 g/mol. The van der Waals surface area contributed by atoms with Crippen molar-refractivity contribution >= 4 is 33.1 Å². The molecular weight excluding hydrogens is 382 g/mol. The van der Waals surface area contributed by atoms with Crippen LogP contribution < -0.4 is 15.0 Å². The van der Waals surface area contributed by atoms with E-state index in [1.165, 1.54) is 10.1 Å². The predicted molar refractivity (Wildman–Crippen MR) is 119 cm³/mol. The van der Waals surface area contributed by atoms with Gasteiger partial charge in [-0.1, -0.05) is 19.1 Å². The van der Waals surface area contributed by atoms with E-state index in [0.29, 0.717) is 6.54 Å². The van der Waals surface area contributed by atoms with Crippen molar-refractivity contribution in [2.24, 2.45) is 5.92 Å². The van der Waals surface area contributed by atoms with E-state index in [1.807, 2.05) is 30.5 Å². The quantitative estimate of drug-likeness (QED) is 0.636. The third-order valence-electron chi connectivity index (χ3n) is 5.69. The Bertz CT molecular complexity index is 970. The summed E-state index contributed by atoms with van der Waals surface area (Å²) in [5.41, 5.74) is 1.11. The van der Waals surface area contributed by atoms with Crippen LogP contribution in [-0.4, -0.2) is 31.1 Å². The lowest BCUT2D eigenvalue weighted by atomic mass is 9.95. The van der Waals surface area contributed by atoms with Gasteiger partial charge in [0.25, 0.3) is 0 Å². The number of nitrogens with zero attached hydrogens (tertiary/aromatic N) is 2. The van der Waals surface area contributed by atoms with E-state index in [2.05, 4.69) is 39.6 Å². The highest BCUT2D eigenvalue weighted by molar-refractivity contribution is 7.17. The molecule has 1 fully saturated rings. The minimum Gasteiger partial charge on any atom is -0.497 e. The van der Waals surface area contributed by atoms with Crippen LogP contribution in [0, 0.1) is 5.92 Å². The number of anilines is 1. The van der Waals surface area contributed by atoms with Crippen LogP contribution in [0.1, 0.15) is 37.8 Å². The number of benzene rings is 1. The summed E-state index contributed by atoms with van der Waals surface area (Å²) in [6.07, 6.45) is 4.64. The Hall–Kier alpha value is -2.60. The van der Waals surface area contributed by atoms with Crippen molar-refractivity contribution in [3.05, 3.63) is 53.5 Å². The second-order valence-electron chi connectivity index (χ2n) is 7.49. The van der Waals surface area contributed by atoms with E-state index in [4.69, 9.17) is 4.74 Å². The molecule has 0 bridgehead atoms. The fraction of sp³-hybridized carbons (Fsp3) is 0.391.